The number of hydrogen-bond acceptors (Lipinski definition) is 2. The van der Waals surface area contributed by atoms with Gasteiger partial charge in [-0.1, -0.05) is 20.8 Å². The Morgan fingerprint density at radius 2 is 1.59 bits per heavy atom. The van der Waals surface area contributed by atoms with Gasteiger partial charge < -0.3 is 10.2 Å². The minimum Gasteiger partial charge on any atom is -0.393 e. The summed E-state index contributed by atoms with van der Waals surface area (Å²) < 4.78 is 0. The molecule has 4 saturated carbocycles. The van der Waals surface area contributed by atoms with Crippen molar-refractivity contribution in [3.05, 3.63) is 0 Å². The van der Waals surface area contributed by atoms with Crippen LogP contribution in [0.2, 0.25) is 0 Å². The number of hydrogen-bond donors (Lipinski definition) is 2. The lowest BCUT2D eigenvalue weighted by molar-refractivity contribution is -0.193. The van der Waals surface area contributed by atoms with E-state index < -0.39 is 5.60 Å². The summed E-state index contributed by atoms with van der Waals surface area (Å²) in [5.74, 6) is 2.01. The molecule has 2 N–H and O–H groups in total. The molecule has 0 heterocycles. The molecule has 22 heavy (non-hydrogen) atoms. The van der Waals surface area contributed by atoms with Crippen LogP contribution in [0.25, 0.3) is 0 Å². The van der Waals surface area contributed by atoms with Gasteiger partial charge in [0.2, 0.25) is 0 Å². The Morgan fingerprint density at radius 3 is 2.32 bits per heavy atom. The first-order valence-corrected chi connectivity index (χ1v) is 9.51. The molecule has 0 aromatic heterocycles. The van der Waals surface area contributed by atoms with Crippen LogP contribution < -0.4 is 0 Å². The van der Waals surface area contributed by atoms with Crippen molar-refractivity contribution >= 4 is 0 Å². The molecule has 0 aliphatic heterocycles. The summed E-state index contributed by atoms with van der Waals surface area (Å²) in [6.07, 6.45) is 9.09. The van der Waals surface area contributed by atoms with Crippen LogP contribution in [-0.2, 0) is 0 Å². The standard InChI is InChI=1S/C20H34O2/c1-17(2)11-15(21)12-18(3)16(17)6-5-13-9-14-10-20(13,18)8-7-19(14,4)22/h13-16,21-22H,5-12H2,1-4H3/t13-,14-,15-,16-,18-,19+,20+/m0/s1. The second-order valence-corrected chi connectivity index (χ2v) is 10.4. The summed E-state index contributed by atoms with van der Waals surface area (Å²) in [6.45, 7) is 9.36. The largest absolute Gasteiger partial charge is 0.393 e. The quantitative estimate of drug-likeness (QED) is 0.706. The van der Waals surface area contributed by atoms with Crippen molar-refractivity contribution in [2.45, 2.75) is 90.8 Å². The molecule has 4 rings (SSSR count). The highest BCUT2D eigenvalue weighted by molar-refractivity contribution is 5.18. The summed E-state index contributed by atoms with van der Waals surface area (Å²) in [5, 5.41) is 21.4. The Labute approximate surface area is 135 Å². The maximum atomic E-state index is 10.8. The number of aliphatic hydroxyl groups excluding tert-OH is 1. The summed E-state index contributed by atoms with van der Waals surface area (Å²) in [6, 6.07) is 0. The molecule has 7 atom stereocenters. The van der Waals surface area contributed by atoms with Gasteiger partial charge in [0.05, 0.1) is 11.7 Å². The van der Waals surface area contributed by atoms with Crippen molar-refractivity contribution in [3.63, 3.8) is 0 Å². The summed E-state index contributed by atoms with van der Waals surface area (Å²) in [5.41, 5.74) is 0.464. The van der Waals surface area contributed by atoms with E-state index in [1.54, 1.807) is 0 Å². The third kappa shape index (κ3) is 1.75. The van der Waals surface area contributed by atoms with E-state index in [0.29, 0.717) is 11.3 Å². The first kappa shape index (κ1) is 15.4. The zero-order valence-corrected chi connectivity index (χ0v) is 14.9. The smallest absolute Gasteiger partial charge is 0.0648 e. The summed E-state index contributed by atoms with van der Waals surface area (Å²) >= 11 is 0. The lowest BCUT2D eigenvalue weighted by atomic mass is 9.39. The average Bonchev–Trinajstić information content (AvgIpc) is 2.71. The second kappa shape index (κ2) is 4.30. The van der Waals surface area contributed by atoms with Crippen LogP contribution in [0.4, 0.5) is 0 Å². The van der Waals surface area contributed by atoms with Crippen LogP contribution in [0.15, 0.2) is 0 Å². The SMILES string of the molecule is CC1(C)C[C@H](O)C[C@@]2(C)[C@H]1CC[C@H]1C[C@H]3C[C@]12CC[C@@]3(C)O. The molecule has 126 valence electrons. The number of rotatable bonds is 0. The van der Waals surface area contributed by atoms with Crippen LogP contribution in [0.1, 0.15) is 79.1 Å². The highest BCUT2D eigenvalue weighted by Crippen LogP contribution is 2.75. The van der Waals surface area contributed by atoms with E-state index >= 15 is 0 Å². The molecule has 0 amide bonds. The van der Waals surface area contributed by atoms with E-state index in [-0.39, 0.29) is 16.9 Å². The van der Waals surface area contributed by atoms with E-state index in [9.17, 15) is 10.2 Å². The predicted molar refractivity (Wildman–Crippen MR) is 88.4 cm³/mol. The lowest BCUT2D eigenvalue weighted by Crippen LogP contribution is -2.60. The Kier molecular flexibility index (Phi) is 3.02. The van der Waals surface area contributed by atoms with E-state index in [1.807, 2.05) is 0 Å². The van der Waals surface area contributed by atoms with Crippen LogP contribution >= 0.6 is 0 Å². The Bertz CT molecular complexity index is 482. The van der Waals surface area contributed by atoms with Crippen molar-refractivity contribution in [2.24, 2.45) is 34.0 Å². The molecule has 4 aliphatic carbocycles. The first-order chi connectivity index (χ1) is 10.1. The monoisotopic (exact) mass is 306 g/mol. The summed E-state index contributed by atoms with van der Waals surface area (Å²) in [4.78, 5) is 0. The van der Waals surface area contributed by atoms with Crippen molar-refractivity contribution in [2.75, 3.05) is 0 Å². The Hall–Kier alpha value is -0.0800. The highest BCUT2D eigenvalue weighted by Gasteiger charge is 2.69. The molecule has 0 radical (unpaired) electrons. The molecule has 1 spiro atoms. The molecule has 0 saturated heterocycles. The second-order valence-electron chi connectivity index (χ2n) is 10.4. The Balaban J connectivity index is 1.78. The van der Waals surface area contributed by atoms with Gasteiger partial charge in [-0.3, -0.25) is 0 Å². The highest BCUT2D eigenvalue weighted by atomic mass is 16.3. The zero-order valence-electron chi connectivity index (χ0n) is 14.9. The van der Waals surface area contributed by atoms with Crippen molar-refractivity contribution in [1.82, 2.24) is 0 Å². The predicted octanol–water partition coefficient (Wildman–Crippen LogP) is 4.14. The Morgan fingerprint density at radius 1 is 0.864 bits per heavy atom. The fourth-order valence-electron chi connectivity index (χ4n) is 8.04. The van der Waals surface area contributed by atoms with Gasteiger partial charge in [0.1, 0.15) is 0 Å². The molecule has 2 heteroatoms. The van der Waals surface area contributed by atoms with Gasteiger partial charge in [-0.2, -0.15) is 0 Å². The molecule has 0 aromatic rings. The fourth-order valence-corrected chi connectivity index (χ4v) is 8.04. The first-order valence-electron chi connectivity index (χ1n) is 9.51. The van der Waals surface area contributed by atoms with Gasteiger partial charge >= 0.3 is 0 Å². The van der Waals surface area contributed by atoms with Crippen molar-refractivity contribution < 1.29 is 10.2 Å². The zero-order chi connectivity index (χ0) is 16.0. The summed E-state index contributed by atoms with van der Waals surface area (Å²) in [7, 11) is 0. The van der Waals surface area contributed by atoms with Crippen molar-refractivity contribution in [3.8, 4) is 0 Å². The van der Waals surface area contributed by atoms with Gasteiger partial charge in [0, 0.05) is 0 Å². The van der Waals surface area contributed by atoms with Gasteiger partial charge in [0.25, 0.3) is 0 Å². The van der Waals surface area contributed by atoms with Crippen LogP contribution in [0, 0.1) is 34.0 Å². The average molecular weight is 306 g/mol. The van der Waals surface area contributed by atoms with Gasteiger partial charge in [-0.05, 0) is 92.3 Å². The third-order valence-electron chi connectivity index (χ3n) is 8.99. The molecule has 4 fully saturated rings. The van der Waals surface area contributed by atoms with E-state index in [1.165, 1.54) is 32.1 Å². The topological polar surface area (TPSA) is 40.5 Å². The number of aliphatic hydroxyl groups is 2. The number of fused-ring (bicyclic) bond motifs is 2. The fraction of sp³-hybridized carbons (Fsp3) is 1.00. The van der Waals surface area contributed by atoms with Gasteiger partial charge in [0.15, 0.2) is 0 Å². The van der Waals surface area contributed by atoms with Crippen molar-refractivity contribution in [1.29, 1.82) is 0 Å². The molecule has 0 aromatic carbocycles. The van der Waals surface area contributed by atoms with E-state index in [2.05, 4.69) is 27.7 Å². The maximum absolute atomic E-state index is 10.8. The minimum absolute atomic E-state index is 0.133. The molecule has 2 bridgehead atoms. The van der Waals surface area contributed by atoms with Gasteiger partial charge in [-0.15, -0.1) is 0 Å². The minimum atomic E-state index is -0.447. The van der Waals surface area contributed by atoms with E-state index in [4.69, 9.17) is 0 Å². The lowest BCUT2D eigenvalue weighted by Gasteiger charge is -2.66. The molecule has 2 nitrogen and oxygen atoms in total. The van der Waals surface area contributed by atoms with Gasteiger partial charge in [-0.25, -0.2) is 0 Å². The van der Waals surface area contributed by atoms with Crippen LogP contribution in [0.3, 0.4) is 0 Å². The third-order valence-corrected chi connectivity index (χ3v) is 8.99. The molecule has 4 aliphatic rings. The van der Waals surface area contributed by atoms with E-state index in [0.717, 1.165) is 31.1 Å². The van der Waals surface area contributed by atoms with Crippen LogP contribution in [-0.4, -0.2) is 21.9 Å². The molecular formula is C20H34O2. The van der Waals surface area contributed by atoms with Crippen LogP contribution in [0.5, 0.6) is 0 Å². The maximum Gasteiger partial charge on any atom is 0.0648 e. The molecular weight excluding hydrogens is 272 g/mol. The molecule has 0 unspecified atom stereocenters. The normalized spacial score (nSPS) is 59.7.